The molecule has 0 fully saturated rings. The Balaban J connectivity index is 2.68. The van der Waals surface area contributed by atoms with E-state index < -0.39 is 0 Å². The van der Waals surface area contributed by atoms with Crippen LogP contribution in [0.1, 0.15) is 48.6 Å². The van der Waals surface area contributed by atoms with Crippen LogP contribution in [0, 0.1) is 13.8 Å². The molecule has 0 aromatic heterocycles. The van der Waals surface area contributed by atoms with Crippen molar-refractivity contribution in [3.05, 3.63) is 34.4 Å². The Morgan fingerprint density at radius 2 is 1.80 bits per heavy atom. The summed E-state index contributed by atoms with van der Waals surface area (Å²) in [6.07, 6.45) is 1.21. The molecule has 0 saturated carbocycles. The van der Waals surface area contributed by atoms with Crippen molar-refractivity contribution in [1.29, 1.82) is 0 Å². The minimum Gasteiger partial charge on any atom is -0.313 e. The Morgan fingerprint density at radius 3 is 2.40 bits per heavy atom. The van der Waals surface area contributed by atoms with Crippen molar-refractivity contribution in [3.8, 4) is 0 Å². The van der Waals surface area contributed by atoms with Gasteiger partial charge in [-0.1, -0.05) is 26.0 Å². The second-order valence-corrected chi connectivity index (χ2v) is 5.42. The minimum absolute atomic E-state index is 0.319. The van der Waals surface area contributed by atoms with Crippen molar-refractivity contribution >= 4 is 0 Å². The summed E-state index contributed by atoms with van der Waals surface area (Å²) in [5.74, 6) is 0. The molecule has 1 aliphatic carbocycles. The van der Waals surface area contributed by atoms with Crippen LogP contribution in [0.3, 0.4) is 0 Å². The number of hydrogen-bond donors (Lipinski definition) is 1. The molecule has 1 unspecified atom stereocenters. The molecule has 0 aliphatic heterocycles. The Kier molecular flexibility index (Phi) is 2.38. The first-order chi connectivity index (χ1) is 6.97. The van der Waals surface area contributed by atoms with Gasteiger partial charge in [0.25, 0.3) is 0 Å². The number of rotatable bonds is 1. The fourth-order valence-electron chi connectivity index (χ4n) is 3.14. The standard InChI is InChI=1S/C14H21N/c1-9-6-7-10(2)13-12(9)11(15-5)8-14(13,3)4/h6-7,11,15H,8H2,1-5H3. The zero-order valence-electron chi connectivity index (χ0n) is 10.4. The fraction of sp³-hybridized carbons (Fsp3) is 0.571. The van der Waals surface area contributed by atoms with Crippen LogP contribution < -0.4 is 5.32 Å². The molecule has 0 radical (unpaired) electrons. The van der Waals surface area contributed by atoms with Crippen LogP contribution in [0.15, 0.2) is 12.1 Å². The van der Waals surface area contributed by atoms with Crippen molar-refractivity contribution in [2.45, 2.75) is 45.6 Å². The van der Waals surface area contributed by atoms with Gasteiger partial charge < -0.3 is 5.32 Å². The van der Waals surface area contributed by atoms with Gasteiger partial charge in [-0.25, -0.2) is 0 Å². The number of aryl methyl sites for hydroxylation is 2. The van der Waals surface area contributed by atoms with E-state index >= 15 is 0 Å². The van der Waals surface area contributed by atoms with Crippen LogP contribution in [-0.4, -0.2) is 7.05 Å². The van der Waals surface area contributed by atoms with Crippen molar-refractivity contribution in [2.24, 2.45) is 0 Å². The summed E-state index contributed by atoms with van der Waals surface area (Å²) in [6.45, 7) is 9.17. The molecule has 0 amide bonds. The lowest BCUT2D eigenvalue weighted by Gasteiger charge is -2.21. The molecule has 1 N–H and O–H groups in total. The van der Waals surface area contributed by atoms with E-state index in [-0.39, 0.29) is 0 Å². The molecule has 0 spiro atoms. The third-order valence-electron chi connectivity index (χ3n) is 3.76. The topological polar surface area (TPSA) is 12.0 Å². The van der Waals surface area contributed by atoms with Gasteiger partial charge in [0.1, 0.15) is 0 Å². The van der Waals surface area contributed by atoms with Gasteiger partial charge in [0.15, 0.2) is 0 Å². The van der Waals surface area contributed by atoms with Crippen molar-refractivity contribution in [1.82, 2.24) is 5.32 Å². The molecular weight excluding hydrogens is 182 g/mol. The lowest BCUT2D eigenvalue weighted by atomic mass is 9.83. The van der Waals surface area contributed by atoms with Gasteiger partial charge in [-0.05, 0) is 55.0 Å². The lowest BCUT2D eigenvalue weighted by molar-refractivity contribution is 0.446. The smallest absolute Gasteiger partial charge is 0.0331 e. The van der Waals surface area contributed by atoms with Crippen molar-refractivity contribution in [3.63, 3.8) is 0 Å². The average Bonchev–Trinajstić information content (AvgIpc) is 2.45. The number of nitrogens with one attached hydrogen (secondary N) is 1. The zero-order chi connectivity index (χ0) is 11.2. The molecule has 1 aromatic carbocycles. The molecule has 0 bridgehead atoms. The number of benzene rings is 1. The Hall–Kier alpha value is -0.820. The van der Waals surface area contributed by atoms with E-state index in [1.54, 1.807) is 11.1 Å². The zero-order valence-corrected chi connectivity index (χ0v) is 10.4. The van der Waals surface area contributed by atoms with Gasteiger partial charge in [0.05, 0.1) is 0 Å². The molecule has 1 heteroatoms. The van der Waals surface area contributed by atoms with Crippen LogP contribution in [0.25, 0.3) is 0 Å². The van der Waals surface area contributed by atoms with Gasteiger partial charge in [-0.3, -0.25) is 0 Å². The predicted octanol–water partition coefficient (Wildman–Crippen LogP) is 3.25. The van der Waals surface area contributed by atoms with Gasteiger partial charge in [-0.2, -0.15) is 0 Å². The molecule has 0 heterocycles. The molecule has 2 rings (SSSR count). The molecule has 0 saturated heterocycles. The molecule has 1 aromatic rings. The van der Waals surface area contributed by atoms with Crippen LogP contribution in [0.2, 0.25) is 0 Å². The number of fused-ring (bicyclic) bond motifs is 1. The van der Waals surface area contributed by atoms with E-state index in [1.807, 2.05) is 0 Å². The Bertz CT molecular complexity index is 391. The second-order valence-electron chi connectivity index (χ2n) is 5.42. The summed E-state index contributed by atoms with van der Waals surface area (Å²) in [6, 6.07) is 5.04. The fourth-order valence-corrected chi connectivity index (χ4v) is 3.14. The highest BCUT2D eigenvalue weighted by Crippen LogP contribution is 2.47. The normalized spacial score (nSPS) is 22.9. The Morgan fingerprint density at radius 1 is 1.20 bits per heavy atom. The average molecular weight is 203 g/mol. The van der Waals surface area contributed by atoms with E-state index in [4.69, 9.17) is 0 Å². The van der Waals surface area contributed by atoms with E-state index in [0.717, 1.165) is 0 Å². The first-order valence-electron chi connectivity index (χ1n) is 5.75. The SMILES string of the molecule is CNC1CC(C)(C)c2c(C)ccc(C)c21. The quantitative estimate of drug-likeness (QED) is 0.739. The van der Waals surface area contributed by atoms with Crippen molar-refractivity contribution < 1.29 is 0 Å². The summed E-state index contributed by atoms with van der Waals surface area (Å²) >= 11 is 0. The maximum atomic E-state index is 3.44. The van der Waals surface area contributed by atoms with E-state index in [1.165, 1.54) is 17.5 Å². The third kappa shape index (κ3) is 1.50. The second kappa shape index (κ2) is 3.34. The highest BCUT2D eigenvalue weighted by atomic mass is 14.9. The maximum absolute atomic E-state index is 3.44. The van der Waals surface area contributed by atoms with Crippen LogP contribution in [-0.2, 0) is 5.41 Å². The Labute approximate surface area is 92.9 Å². The largest absolute Gasteiger partial charge is 0.313 e. The summed E-state index contributed by atoms with van der Waals surface area (Å²) < 4.78 is 0. The summed E-state index contributed by atoms with van der Waals surface area (Å²) in [7, 11) is 2.07. The van der Waals surface area contributed by atoms with E-state index in [2.05, 4.69) is 52.2 Å². The van der Waals surface area contributed by atoms with E-state index in [0.29, 0.717) is 11.5 Å². The van der Waals surface area contributed by atoms with Crippen LogP contribution in [0.5, 0.6) is 0 Å². The molecule has 1 aliphatic rings. The third-order valence-corrected chi connectivity index (χ3v) is 3.76. The first-order valence-corrected chi connectivity index (χ1v) is 5.75. The molecule has 82 valence electrons. The maximum Gasteiger partial charge on any atom is 0.0331 e. The minimum atomic E-state index is 0.319. The lowest BCUT2D eigenvalue weighted by Crippen LogP contribution is -2.17. The summed E-state index contributed by atoms with van der Waals surface area (Å²) in [5, 5.41) is 3.44. The van der Waals surface area contributed by atoms with Crippen LogP contribution in [0.4, 0.5) is 0 Å². The van der Waals surface area contributed by atoms with Crippen molar-refractivity contribution in [2.75, 3.05) is 7.05 Å². The van der Waals surface area contributed by atoms with E-state index in [9.17, 15) is 0 Å². The highest BCUT2D eigenvalue weighted by molar-refractivity contribution is 5.50. The van der Waals surface area contributed by atoms with Gasteiger partial charge in [0.2, 0.25) is 0 Å². The van der Waals surface area contributed by atoms with Gasteiger partial charge in [0, 0.05) is 6.04 Å². The van der Waals surface area contributed by atoms with Gasteiger partial charge in [-0.15, -0.1) is 0 Å². The first kappa shape index (κ1) is 10.7. The molecular formula is C14H21N. The predicted molar refractivity (Wildman–Crippen MR) is 65.4 cm³/mol. The van der Waals surface area contributed by atoms with Crippen LogP contribution >= 0.6 is 0 Å². The van der Waals surface area contributed by atoms with Gasteiger partial charge >= 0.3 is 0 Å². The molecule has 1 nitrogen and oxygen atoms in total. The number of hydrogen-bond acceptors (Lipinski definition) is 1. The summed E-state index contributed by atoms with van der Waals surface area (Å²) in [4.78, 5) is 0. The highest BCUT2D eigenvalue weighted by Gasteiger charge is 2.37. The monoisotopic (exact) mass is 203 g/mol. The molecule has 15 heavy (non-hydrogen) atoms. The molecule has 1 atom stereocenters. The summed E-state index contributed by atoms with van der Waals surface area (Å²) in [5.41, 5.74) is 6.31.